The molecule has 4 aromatic rings. The van der Waals surface area contributed by atoms with Gasteiger partial charge in [-0.05, 0) is 31.2 Å². The molecule has 0 aliphatic heterocycles. The van der Waals surface area contributed by atoms with E-state index in [1.54, 1.807) is 11.3 Å². The van der Waals surface area contributed by atoms with Crippen LogP contribution in [-0.2, 0) is 4.74 Å². The number of carbonyl (C=O) groups excluding carboxylic acids is 1. The Balaban J connectivity index is 2.06. The van der Waals surface area contributed by atoms with Crippen LogP contribution in [-0.4, -0.2) is 17.6 Å². The molecular weight excluding hydrogens is 282 g/mol. The van der Waals surface area contributed by atoms with Crippen molar-refractivity contribution in [1.82, 2.24) is 4.98 Å². The first-order valence-electron chi connectivity index (χ1n) is 6.88. The van der Waals surface area contributed by atoms with Crippen molar-refractivity contribution in [1.29, 1.82) is 0 Å². The maximum absolute atomic E-state index is 11.9. The van der Waals surface area contributed by atoms with Crippen LogP contribution in [0.5, 0.6) is 0 Å². The van der Waals surface area contributed by atoms with Gasteiger partial charge in [0.05, 0.1) is 6.61 Å². The molecule has 1 N–H and O–H groups in total. The van der Waals surface area contributed by atoms with Gasteiger partial charge in [0, 0.05) is 31.1 Å². The fourth-order valence-corrected chi connectivity index (χ4v) is 3.87. The van der Waals surface area contributed by atoms with Gasteiger partial charge in [0.15, 0.2) is 0 Å². The van der Waals surface area contributed by atoms with Crippen LogP contribution < -0.4 is 0 Å². The summed E-state index contributed by atoms with van der Waals surface area (Å²) in [6.07, 6.45) is 0. The molecule has 2 heterocycles. The van der Waals surface area contributed by atoms with E-state index in [0.717, 1.165) is 10.9 Å². The molecule has 4 heteroatoms. The lowest BCUT2D eigenvalue weighted by molar-refractivity contribution is 0.0520. The molecule has 104 valence electrons. The maximum Gasteiger partial charge on any atom is 0.354 e. The molecule has 0 aliphatic rings. The SMILES string of the molecule is CCOC(=O)c1cc2c(ccc3sc4ccccc4c32)[nH]1. The fourth-order valence-electron chi connectivity index (χ4n) is 2.75. The first-order valence-corrected chi connectivity index (χ1v) is 7.69. The summed E-state index contributed by atoms with van der Waals surface area (Å²) in [5.74, 6) is -0.304. The molecule has 0 unspecified atom stereocenters. The smallest absolute Gasteiger partial charge is 0.354 e. The van der Waals surface area contributed by atoms with Crippen molar-refractivity contribution < 1.29 is 9.53 Å². The molecule has 0 fully saturated rings. The van der Waals surface area contributed by atoms with Crippen LogP contribution in [0.2, 0.25) is 0 Å². The van der Waals surface area contributed by atoms with Crippen LogP contribution in [0.1, 0.15) is 17.4 Å². The molecule has 0 aliphatic carbocycles. The van der Waals surface area contributed by atoms with E-state index in [-0.39, 0.29) is 5.97 Å². The average molecular weight is 295 g/mol. The van der Waals surface area contributed by atoms with Crippen molar-refractivity contribution >= 4 is 48.4 Å². The molecule has 0 saturated heterocycles. The van der Waals surface area contributed by atoms with Gasteiger partial charge in [-0.15, -0.1) is 11.3 Å². The molecule has 0 radical (unpaired) electrons. The summed E-state index contributed by atoms with van der Waals surface area (Å²) in [7, 11) is 0. The van der Waals surface area contributed by atoms with Gasteiger partial charge in [-0.2, -0.15) is 0 Å². The number of benzene rings is 2. The summed E-state index contributed by atoms with van der Waals surface area (Å²) >= 11 is 1.77. The Kier molecular flexibility index (Phi) is 2.72. The number of hydrogen-bond donors (Lipinski definition) is 1. The molecule has 21 heavy (non-hydrogen) atoms. The minimum Gasteiger partial charge on any atom is -0.461 e. The van der Waals surface area contributed by atoms with Crippen LogP contribution in [0.15, 0.2) is 42.5 Å². The van der Waals surface area contributed by atoms with E-state index in [9.17, 15) is 4.79 Å². The number of nitrogens with one attached hydrogen (secondary N) is 1. The number of aromatic nitrogens is 1. The quantitative estimate of drug-likeness (QED) is 0.544. The lowest BCUT2D eigenvalue weighted by atomic mass is 10.1. The van der Waals surface area contributed by atoms with E-state index < -0.39 is 0 Å². The standard InChI is InChI=1S/C17H13NO2S/c1-2-20-17(19)13-9-11-12(18-13)7-8-15-16(11)10-5-3-4-6-14(10)21-15/h3-9,18H,2H2,1H3. The number of esters is 1. The summed E-state index contributed by atoms with van der Waals surface area (Å²) in [6, 6.07) is 14.4. The third-order valence-corrected chi connectivity index (χ3v) is 4.77. The summed E-state index contributed by atoms with van der Waals surface area (Å²) in [4.78, 5) is 15.1. The topological polar surface area (TPSA) is 42.1 Å². The fraction of sp³-hybridized carbons (Fsp3) is 0.118. The van der Waals surface area contributed by atoms with Gasteiger partial charge in [0.25, 0.3) is 0 Å². The monoisotopic (exact) mass is 295 g/mol. The van der Waals surface area contributed by atoms with E-state index in [1.807, 2.05) is 25.1 Å². The van der Waals surface area contributed by atoms with Crippen LogP contribution in [0, 0.1) is 0 Å². The van der Waals surface area contributed by atoms with Gasteiger partial charge in [0.2, 0.25) is 0 Å². The Morgan fingerprint density at radius 2 is 2.00 bits per heavy atom. The zero-order valence-corrected chi connectivity index (χ0v) is 12.3. The third kappa shape index (κ3) is 1.83. The summed E-state index contributed by atoms with van der Waals surface area (Å²) in [5, 5.41) is 3.52. The Labute approximate surface area is 125 Å². The Morgan fingerprint density at radius 1 is 1.14 bits per heavy atom. The van der Waals surface area contributed by atoms with Crippen molar-refractivity contribution in [3.05, 3.63) is 48.2 Å². The highest BCUT2D eigenvalue weighted by Gasteiger charge is 2.14. The molecule has 0 bridgehead atoms. The molecule has 0 saturated carbocycles. The Bertz CT molecular complexity index is 980. The maximum atomic E-state index is 11.9. The first-order chi connectivity index (χ1) is 10.3. The van der Waals surface area contributed by atoms with E-state index in [1.165, 1.54) is 20.2 Å². The second-order valence-corrected chi connectivity index (χ2v) is 5.99. The number of H-pyrrole nitrogens is 1. The number of hydrogen-bond acceptors (Lipinski definition) is 3. The first kappa shape index (κ1) is 12.4. The third-order valence-electron chi connectivity index (χ3n) is 3.64. The van der Waals surface area contributed by atoms with E-state index >= 15 is 0 Å². The van der Waals surface area contributed by atoms with Gasteiger partial charge in [0.1, 0.15) is 5.69 Å². The normalized spacial score (nSPS) is 11.5. The predicted octanol–water partition coefficient (Wildman–Crippen LogP) is 4.71. The molecule has 3 nitrogen and oxygen atoms in total. The van der Waals surface area contributed by atoms with Crippen molar-refractivity contribution in [3.8, 4) is 0 Å². The molecule has 0 spiro atoms. The van der Waals surface area contributed by atoms with Gasteiger partial charge in [-0.1, -0.05) is 18.2 Å². The number of thiophene rings is 1. The van der Waals surface area contributed by atoms with Gasteiger partial charge in [-0.3, -0.25) is 0 Å². The van der Waals surface area contributed by atoms with Gasteiger partial charge >= 0.3 is 5.97 Å². The molecule has 4 rings (SSSR count). The lowest BCUT2D eigenvalue weighted by Gasteiger charge is -1.96. The second-order valence-electron chi connectivity index (χ2n) is 4.90. The van der Waals surface area contributed by atoms with Crippen LogP contribution in [0.3, 0.4) is 0 Å². The molecular formula is C17H13NO2S. The zero-order chi connectivity index (χ0) is 14.4. The number of fused-ring (bicyclic) bond motifs is 5. The highest BCUT2D eigenvalue weighted by Crippen LogP contribution is 2.38. The summed E-state index contributed by atoms with van der Waals surface area (Å²) in [6.45, 7) is 2.19. The molecule has 0 atom stereocenters. The number of aromatic amines is 1. The highest BCUT2D eigenvalue weighted by molar-refractivity contribution is 7.26. The largest absolute Gasteiger partial charge is 0.461 e. The average Bonchev–Trinajstić information content (AvgIpc) is 3.07. The van der Waals surface area contributed by atoms with E-state index in [2.05, 4.69) is 29.2 Å². The summed E-state index contributed by atoms with van der Waals surface area (Å²) in [5.41, 5.74) is 1.48. The van der Waals surface area contributed by atoms with Crippen molar-refractivity contribution in [2.75, 3.05) is 6.61 Å². The minimum atomic E-state index is -0.304. The number of ether oxygens (including phenoxy) is 1. The van der Waals surface area contributed by atoms with E-state index in [0.29, 0.717) is 12.3 Å². The number of rotatable bonds is 2. The Morgan fingerprint density at radius 3 is 2.86 bits per heavy atom. The van der Waals surface area contributed by atoms with Crippen LogP contribution in [0.25, 0.3) is 31.1 Å². The van der Waals surface area contributed by atoms with Crippen molar-refractivity contribution in [3.63, 3.8) is 0 Å². The molecule has 0 amide bonds. The Hall–Kier alpha value is -2.33. The second kappa shape index (κ2) is 4.60. The number of carbonyl (C=O) groups is 1. The van der Waals surface area contributed by atoms with Crippen molar-refractivity contribution in [2.24, 2.45) is 0 Å². The van der Waals surface area contributed by atoms with Crippen LogP contribution in [0.4, 0.5) is 0 Å². The minimum absolute atomic E-state index is 0.304. The summed E-state index contributed by atoms with van der Waals surface area (Å²) < 4.78 is 7.57. The van der Waals surface area contributed by atoms with E-state index in [4.69, 9.17) is 4.74 Å². The molecule has 2 aromatic heterocycles. The van der Waals surface area contributed by atoms with Gasteiger partial charge in [-0.25, -0.2) is 4.79 Å². The highest BCUT2D eigenvalue weighted by atomic mass is 32.1. The van der Waals surface area contributed by atoms with Gasteiger partial charge < -0.3 is 9.72 Å². The zero-order valence-electron chi connectivity index (χ0n) is 11.5. The molecule has 2 aromatic carbocycles. The predicted molar refractivity (Wildman–Crippen MR) is 87.1 cm³/mol. The lowest BCUT2D eigenvalue weighted by Crippen LogP contribution is -2.04. The van der Waals surface area contributed by atoms with Crippen molar-refractivity contribution in [2.45, 2.75) is 6.92 Å². The van der Waals surface area contributed by atoms with Crippen LogP contribution >= 0.6 is 11.3 Å².